The second kappa shape index (κ2) is 16.8. The van der Waals surface area contributed by atoms with Crippen molar-refractivity contribution in [3.63, 3.8) is 0 Å². The van der Waals surface area contributed by atoms with E-state index in [1.165, 1.54) is 60.5 Å². The van der Waals surface area contributed by atoms with Gasteiger partial charge >= 0.3 is 0 Å². The van der Waals surface area contributed by atoms with Crippen LogP contribution in [0, 0.1) is 0 Å². The van der Waals surface area contributed by atoms with E-state index in [2.05, 4.69) is 255 Å². The van der Waals surface area contributed by atoms with Crippen LogP contribution in [-0.2, 0) is 0 Å². The van der Waals surface area contributed by atoms with E-state index in [-0.39, 0.29) is 12.1 Å². The van der Waals surface area contributed by atoms with Crippen molar-refractivity contribution in [2.24, 2.45) is 0 Å². The number of hydrogen-bond donors (Lipinski definition) is 0. The van der Waals surface area contributed by atoms with E-state index < -0.39 is 0 Å². The fourth-order valence-electron chi connectivity index (χ4n) is 10.5. The highest BCUT2D eigenvalue weighted by atomic mass is 15.1. The maximum Gasteiger partial charge on any atom is 0.141 e. The van der Waals surface area contributed by atoms with E-state index in [0.29, 0.717) is 0 Å². The maximum absolute atomic E-state index is 5.25. The van der Waals surface area contributed by atoms with E-state index >= 15 is 0 Å². The van der Waals surface area contributed by atoms with E-state index in [1.54, 1.807) is 0 Å². The van der Waals surface area contributed by atoms with E-state index in [4.69, 9.17) is 9.97 Å². The highest BCUT2D eigenvalue weighted by Gasteiger charge is 2.21. The maximum atomic E-state index is 5.25. The number of aromatic nitrogens is 4. The molecule has 10 aromatic carbocycles. The molecule has 0 atom stereocenters. The van der Waals surface area contributed by atoms with Crippen LogP contribution in [0.3, 0.4) is 0 Å². The molecule has 4 heteroatoms. The minimum absolute atomic E-state index is 0.261. The van der Waals surface area contributed by atoms with Crippen LogP contribution in [0.1, 0.15) is 39.8 Å². The van der Waals surface area contributed by atoms with Gasteiger partial charge in [-0.2, -0.15) is 0 Å². The molecule has 0 aliphatic rings. The average Bonchev–Trinajstić information content (AvgIpc) is 3.98. The largest absolute Gasteiger partial charge is 0.321 e. The Morgan fingerprint density at radius 2 is 0.588 bits per heavy atom. The number of benzene rings is 10. The SMILES string of the molecule is CC(C)n1c(-c2ccccc2)nc2cc(-c3ccc(-c4ccc5c(-c6ccccc6)c6cc(-c7ccc8c(c7)nc(-c7ccccc7)n8C(C)C)ccc6c(-c6ccccc6)c5c4)cc3)ccc21. The third-order valence-corrected chi connectivity index (χ3v) is 13.6. The highest BCUT2D eigenvalue weighted by Crippen LogP contribution is 2.46. The topological polar surface area (TPSA) is 35.6 Å². The fourth-order valence-corrected chi connectivity index (χ4v) is 10.5. The fraction of sp³-hybridized carbons (Fsp3) is 0.0938. The third-order valence-electron chi connectivity index (χ3n) is 13.6. The first-order valence-electron chi connectivity index (χ1n) is 23.8. The number of fused-ring (bicyclic) bond motifs is 4. The van der Waals surface area contributed by atoms with Crippen molar-refractivity contribution in [2.75, 3.05) is 0 Å². The van der Waals surface area contributed by atoms with Crippen LogP contribution in [0.4, 0.5) is 0 Å². The highest BCUT2D eigenvalue weighted by molar-refractivity contribution is 6.22. The molecule has 12 aromatic rings. The summed E-state index contributed by atoms with van der Waals surface area (Å²) in [5.41, 5.74) is 18.4. The molecule has 0 fully saturated rings. The van der Waals surface area contributed by atoms with Crippen LogP contribution in [0.2, 0.25) is 0 Å². The van der Waals surface area contributed by atoms with Gasteiger partial charge in [0.2, 0.25) is 0 Å². The van der Waals surface area contributed by atoms with Gasteiger partial charge in [-0.25, -0.2) is 9.97 Å². The first-order valence-corrected chi connectivity index (χ1v) is 23.8. The molecule has 4 nitrogen and oxygen atoms in total. The first kappa shape index (κ1) is 41.1. The lowest BCUT2D eigenvalue weighted by Crippen LogP contribution is -2.02. The Labute approximate surface area is 397 Å². The molecule has 0 aliphatic carbocycles. The van der Waals surface area contributed by atoms with Crippen LogP contribution in [0.5, 0.6) is 0 Å². The summed E-state index contributed by atoms with van der Waals surface area (Å²) in [7, 11) is 0. The van der Waals surface area contributed by atoms with Gasteiger partial charge < -0.3 is 9.13 Å². The number of imidazole rings is 2. The van der Waals surface area contributed by atoms with Crippen molar-refractivity contribution < 1.29 is 0 Å². The lowest BCUT2D eigenvalue weighted by Gasteiger charge is -2.20. The molecule has 0 N–H and O–H groups in total. The predicted molar refractivity (Wildman–Crippen MR) is 287 cm³/mol. The summed E-state index contributed by atoms with van der Waals surface area (Å²) in [6.07, 6.45) is 0. The van der Waals surface area contributed by atoms with Gasteiger partial charge in [-0.15, -0.1) is 0 Å². The number of rotatable bonds is 9. The molecule has 68 heavy (non-hydrogen) atoms. The molecule has 0 unspecified atom stereocenters. The second-order valence-electron chi connectivity index (χ2n) is 18.5. The monoisotopic (exact) mass is 874 g/mol. The van der Waals surface area contributed by atoms with Gasteiger partial charge in [0, 0.05) is 23.2 Å². The lowest BCUT2D eigenvalue weighted by molar-refractivity contribution is 0.624. The van der Waals surface area contributed by atoms with Crippen LogP contribution >= 0.6 is 0 Å². The minimum atomic E-state index is 0.261. The second-order valence-corrected chi connectivity index (χ2v) is 18.5. The molecule has 0 saturated carbocycles. The summed E-state index contributed by atoms with van der Waals surface area (Å²) in [6.45, 7) is 8.92. The summed E-state index contributed by atoms with van der Waals surface area (Å²) in [5.74, 6) is 2.00. The molecule has 2 heterocycles. The van der Waals surface area contributed by atoms with Crippen molar-refractivity contribution in [1.82, 2.24) is 19.1 Å². The summed E-state index contributed by atoms with van der Waals surface area (Å²) < 4.78 is 4.70. The van der Waals surface area contributed by atoms with Gasteiger partial charge in [0.1, 0.15) is 11.6 Å². The zero-order valence-corrected chi connectivity index (χ0v) is 38.7. The summed E-state index contributed by atoms with van der Waals surface area (Å²) in [6, 6.07) is 80.0. The standard InChI is InChI=1S/C64H50N4/c1-41(2)67-59-35-31-51(39-57(59)65-63(67)47-21-13-7-14-22-47)44-27-25-43(26-28-44)49-29-33-53-55(37-49)61(45-17-9-5-10-18-45)54-34-30-50(38-56(54)62(53)46-19-11-6-12-20-46)52-32-36-60-58(40-52)66-64(68(60)42(3)4)48-23-15-8-16-24-48/h5-42H,1-4H3. The van der Waals surface area contributed by atoms with Crippen molar-refractivity contribution in [1.29, 1.82) is 0 Å². The molecule has 0 saturated heterocycles. The van der Waals surface area contributed by atoms with E-state index in [0.717, 1.165) is 61.5 Å². The van der Waals surface area contributed by atoms with Crippen molar-refractivity contribution in [3.8, 4) is 78.4 Å². The molecule has 0 aliphatic heterocycles. The van der Waals surface area contributed by atoms with Crippen molar-refractivity contribution >= 4 is 43.6 Å². The molecule has 0 amide bonds. The predicted octanol–water partition coefficient (Wildman–Crippen LogP) is 17.5. The number of nitrogens with zero attached hydrogens (tertiary/aromatic N) is 4. The minimum Gasteiger partial charge on any atom is -0.321 e. The van der Waals surface area contributed by atoms with Crippen LogP contribution in [0.15, 0.2) is 218 Å². The molecule has 12 rings (SSSR count). The van der Waals surface area contributed by atoms with E-state index in [1.807, 2.05) is 0 Å². The Balaban J connectivity index is 0.986. The molecular formula is C64H50N4. The molecular weight excluding hydrogens is 825 g/mol. The Morgan fingerprint density at radius 3 is 0.971 bits per heavy atom. The normalized spacial score (nSPS) is 11.8. The molecule has 2 aromatic heterocycles. The summed E-state index contributed by atoms with van der Waals surface area (Å²) in [5, 5.41) is 4.90. The molecule has 0 spiro atoms. The van der Waals surface area contributed by atoms with Crippen LogP contribution in [-0.4, -0.2) is 19.1 Å². The summed E-state index contributed by atoms with van der Waals surface area (Å²) >= 11 is 0. The lowest BCUT2D eigenvalue weighted by atomic mass is 9.84. The Kier molecular flexibility index (Phi) is 10.2. The van der Waals surface area contributed by atoms with Gasteiger partial charge in [-0.05, 0) is 141 Å². The van der Waals surface area contributed by atoms with Crippen molar-refractivity contribution in [3.05, 3.63) is 218 Å². The molecule has 326 valence electrons. The average molecular weight is 875 g/mol. The van der Waals surface area contributed by atoms with Gasteiger partial charge in [0.15, 0.2) is 0 Å². The Morgan fingerprint density at radius 1 is 0.279 bits per heavy atom. The quantitative estimate of drug-likeness (QED) is 0.135. The Hall–Kier alpha value is -8.34. The van der Waals surface area contributed by atoms with Crippen LogP contribution < -0.4 is 0 Å². The summed E-state index contributed by atoms with van der Waals surface area (Å²) in [4.78, 5) is 10.4. The number of hydrogen-bond acceptors (Lipinski definition) is 2. The van der Waals surface area contributed by atoms with Gasteiger partial charge in [0.05, 0.1) is 22.1 Å². The van der Waals surface area contributed by atoms with Gasteiger partial charge in [-0.3, -0.25) is 0 Å². The zero-order valence-electron chi connectivity index (χ0n) is 38.7. The first-order chi connectivity index (χ1) is 33.4. The van der Waals surface area contributed by atoms with E-state index in [9.17, 15) is 0 Å². The third kappa shape index (κ3) is 7.08. The molecule has 0 radical (unpaired) electrons. The van der Waals surface area contributed by atoms with Gasteiger partial charge in [-0.1, -0.05) is 182 Å². The van der Waals surface area contributed by atoms with Crippen molar-refractivity contribution in [2.45, 2.75) is 39.8 Å². The smallest absolute Gasteiger partial charge is 0.141 e. The van der Waals surface area contributed by atoms with Crippen LogP contribution in [0.25, 0.3) is 122 Å². The zero-order chi connectivity index (χ0) is 45.9. The molecule has 0 bridgehead atoms. The Bertz CT molecular complexity index is 3810. The van der Waals surface area contributed by atoms with Gasteiger partial charge in [0.25, 0.3) is 0 Å².